The van der Waals surface area contributed by atoms with Gasteiger partial charge in [-0.3, -0.25) is 4.98 Å². The Morgan fingerprint density at radius 2 is 1.20 bits per heavy atom. The van der Waals surface area contributed by atoms with E-state index in [1.54, 1.807) is 0 Å². The molecule has 0 unspecified atom stereocenters. The van der Waals surface area contributed by atoms with Gasteiger partial charge in [-0.1, -0.05) is 121 Å². The second-order valence-electron chi connectivity index (χ2n) is 12.5. The summed E-state index contributed by atoms with van der Waals surface area (Å²) in [6, 6.07) is 53.4. The van der Waals surface area contributed by atoms with E-state index in [1.165, 1.54) is 60.9 Å². The second-order valence-corrected chi connectivity index (χ2v) is 12.5. The van der Waals surface area contributed by atoms with Crippen molar-refractivity contribution in [3.05, 3.63) is 174 Å². The minimum absolute atomic E-state index is 0.443. The van der Waals surface area contributed by atoms with E-state index < -0.39 is 5.41 Å². The first-order valence-electron chi connectivity index (χ1n) is 15.8. The average Bonchev–Trinajstić information content (AvgIpc) is 3.62. The van der Waals surface area contributed by atoms with Crippen molar-refractivity contribution in [2.24, 2.45) is 0 Å². The Bertz CT molecular complexity index is 2720. The molecule has 11 rings (SSSR count). The molecule has 0 N–H and O–H groups in total. The molecular formula is C43H25N3. The molecule has 0 radical (unpaired) electrons. The molecule has 0 amide bonds. The van der Waals surface area contributed by atoms with Gasteiger partial charge in [-0.2, -0.15) is 0 Å². The first-order valence-corrected chi connectivity index (χ1v) is 15.8. The number of nitrogens with zero attached hydrogens (tertiary/aromatic N) is 3. The normalized spacial score (nSPS) is 13.8. The molecule has 6 aromatic carbocycles. The topological polar surface area (TPSA) is 30.7 Å². The van der Waals surface area contributed by atoms with Crippen LogP contribution in [0.15, 0.2) is 152 Å². The second kappa shape index (κ2) is 8.56. The summed E-state index contributed by atoms with van der Waals surface area (Å²) in [4.78, 5) is 9.97. The molecule has 0 atom stereocenters. The summed E-state index contributed by atoms with van der Waals surface area (Å²) in [5.74, 6) is 0. The number of hydrogen-bond donors (Lipinski definition) is 0. The monoisotopic (exact) mass is 583 g/mol. The molecule has 0 saturated heterocycles. The lowest BCUT2D eigenvalue weighted by molar-refractivity contribution is 0.748. The standard InChI is InChI=1S/C43H25N3/c1-4-14-33-29(10-1)30-11-2-5-15-34(30)43(33)35-22-20-28(37-23-21-27-19-18-26-9-8-24-44-40(26)41(27)45-37)25-39(35)46-38-17-6-3-12-31(38)32-13-7-16-36(43)42(32)46/h1-25H. The quantitative estimate of drug-likeness (QED) is 0.180. The molecule has 46 heavy (non-hydrogen) atoms. The van der Waals surface area contributed by atoms with Crippen LogP contribution in [-0.2, 0) is 5.41 Å². The Kier molecular flexibility index (Phi) is 4.52. The van der Waals surface area contributed by atoms with Crippen molar-refractivity contribution >= 4 is 43.6 Å². The number of para-hydroxylation sites is 2. The van der Waals surface area contributed by atoms with Gasteiger partial charge < -0.3 is 4.57 Å². The van der Waals surface area contributed by atoms with Crippen LogP contribution in [0.2, 0.25) is 0 Å². The summed E-state index contributed by atoms with van der Waals surface area (Å²) in [5.41, 5.74) is 15.1. The number of fused-ring (bicyclic) bond motifs is 15. The van der Waals surface area contributed by atoms with E-state index in [2.05, 4.69) is 144 Å². The highest BCUT2D eigenvalue weighted by molar-refractivity contribution is 6.13. The molecule has 1 spiro atoms. The van der Waals surface area contributed by atoms with Gasteiger partial charge in [-0.15, -0.1) is 0 Å². The Balaban J connectivity index is 1.29. The van der Waals surface area contributed by atoms with Crippen LogP contribution in [0.4, 0.5) is 0 Å². The van der Waals surface area contributed by atoms with E-state index in [0.29, 0.717) is 0 Å². The van der Waals surface area contributed by atoms with Crippen LogP contribution in [0.25, 0.3) is 71.7 Å². The van der Waals surface area contributed by atoms with Crippen molar-refractivity contribution in [1.82, 2.24) is 14.5 Å². The maximum Gasteiger partial charge on any atom is 0.0972 e. The van der Waals surface area contributed by atoms with Crippen LogP contribution in [0, 0.1) is 0 Å². The van der Waals surface area contributed by atoms with Crippen molar-refractivity contribution in [2.75, 3.05) is 0 Å². The lowest BCUT2D eigenvalue weighted by atomic mass is 9.65. The third kappa shape index (κ3) is 2.84. The van der Waals surface area contributed by atoms with Crippen molar-refractivity contribution in [3.8, 4) is 28.1 Å². The highest BCUT2D eigenvalue weighted by atomic mass is 15.0. The van der Waals surface area contributed by atoms with Gasteiger partial charge in [0.05, 0.1) is 38.9 Å². The van der Waals surface area contributed by atoms with Crippen LogP contribution >= 0.6 is 0 Å². The molecule has 212 valence electrons. The van der Waals surface area contributed by atoms with E-state index in [-0.39, 0.29) is 0 Å². The molecule has 3 heteroatoms. The van der Waals surface area contributed by atoms with Crippen molar-refractivity contribution < 1.29 is 0 Å². The van der Waals surface area contributed by atoms with Gasteiger partial charge in [0.15, 0.2) is 0 Å². The fourth-order valence-corrected chi connectivity index (χ4v) is 8.61. The third-order valence-electron chi connectivity index (χ3n) is 10.4. The molecule has 0 fully saturated rings. The highest BCUT2D eigenvalue weighted by Crippen LogP contribution is 2.61. The van der Waals surface area contributed by atoms with E-state index >= 15 is 0 Å². The molecular weight excluding hydrogens is 558 g/mol. The van der Waals surface area contributed by atoms with Crippen molar-refractivity contribution in [1.29, 1.82) is 0 Å². The minimum atomic E-state index is -0.443. The number of rotatable bonds is 1. The first kappa shape index (κ1) is 24.3. The zero-order chi connectivity index (χ0) is 30.0. The zero-order valence-electron chi connectivity index (χ0n) is 24.8. The molecule has 1 aliphatic carbocycles. The summed E-state index contributed by atoms with van der Waals surface area (Å²) in [6.45, 7) is 0. The first-order chi connectivity index (χ1) is 22.8. The van der Waals surface area contributed by atoms with Crippen molar-refractivity contribution in [2.45, 2.75) is 5.41 Å². The van der Waals surface area contributed by atoms with E-state index in [0.717, 1.165) is 33.1 Å². The molecule has 1 aliphatic heterocycles. The Morgan fingerprint density at radius 1 is 0.500 bits per heavy atom. The molecule has 4 heterocycles. The largest absolute Gasteiger partial charge is 0.309 e. The Labute approximate surface area is 265 Å². The van der Waals surface area contributed by atoms with Crippen LogP contribution in [0.1, 0.15) is 22.3 Å². The lowest BCUT2D eigenvalue weighted by Gasteiger charge is -2.39. The van der Waals surface area contributed by atoms with Gasteiger partial charge in [0.25, 0.3) is 0 Å². The highest BCUT2D eigenvalue weighted by Gasteiger charge is 2.50. The summed E-state index contributed by atoms with van der Waals surface area (Å²) >= 11 is 0. The number of pyridine rings is 2. The summed E-state index contributed by atoms with van der Waals surface area (Å²) in [7, 11) is 0. The van der Waals surface area contributed by atoms with Crippen LogP contribution in [0.5, 0.6) is 0 Å². The SMILES string of the molecule is c1ccc2c(c1)-c1ccccc1C21c2ccc(-c3ccc4ccc5cccnc5c4n3)cc2-n2c3ccccc3c3cccc1c32. The average molecular weight is 584 g/mol. The number of aromatic nitrogens is 3. The molecule has 9 aromatic rings. The molecule has 2 aliphatic rings. The Hall–Kier alpha value is -6.06. The lowest BCUT2D eigenvalue weighted by Crippen LogP contribution is -2.33. The van der Waals surface area contributed by atoms with E-state index in [9.17, 15) is 0 Å². The Morgan fingerprint density at radius 3 is 2.04 bits per heavy atom. The summed E-state index contributed by atoms with van der Waals surface area (Å²) in [6.07, 6.45) is 1.85. The minimum Gasteiger partial charge on any atom is -0.309 e. The summed E-state index contributed by atoms with van der Waals surface area (Å²) in [5, 5.41) is 4.75. The van der Waals surface area contributed by atoms with Gasteiger partial charge in [-0.25, -0.2) is 4.98 Å². The fourth-order valence-electron chi connectivity index (χ4n) is 8.61. The molecule has 3 nitrogen and oxygen atoms in total. The summed E-state index contributed by atoms with van der Waals surface area (Å²) < 4.78 is 2.51. The van der Waals surface area contributed by atoms with E-state index in [4.69, 9.17) is 9.97 Å². The van der Waals surface area contributed by atoms with Crippen molar-refractivity contribution in [3.63, 3.8) is 0 Å². The predicted octanol–water partition coefficient (Wildman–Crippen LogP) is 10.2. The fraction of sp³-hybridized carbons (Fsp3) is 0.0233. The van der Waals surface area contributed by atoms with Gasteiger partial charge in [-0.05, 0) is 57.6 Å². The van der Waals surface area contributed by atoms with Crippen LogP contribution in [0.3, 0.4) is 0 Å². The molecule has 0 bridgehead atoms. The van der Waals surface area contributed by atoms with Crippen LogP contribution in [-0.4, -0.2) is 14.5 Å². The number of hydrogen-bond acceptors (Lipinski definition) is 2. The van der Waals surface area contributed by atoms with Gasteiger partial charge in [0, 0.05) is 33.3 Å². The maximum atomic E-state index is 5.25. The number of benzene rings is 6. The van der Waals surface area contributed by atoms with Gasteiger partial charge in [0.2, 0.25) is 0 Å². The maximum absolute atomic E-state index is 5.25. The van der Waals surface area contributed by atoms with E-state index in [1.807, 2.05) is 12.3 Å². The third-order valence-corrected chi connectivity index (χ3v) is 10.4. The molecule has 3 aromatic heterocycles. The predicted molar refractivity (Wildman–Crippen MR) is 188 cm³/mol. The van der Waals surface area contributed by atoms with Gasteiger partial charge in [0.1, 0.15) is 0 Å². The van der Waals surface area contributed by atoms with Gasteiger partial charge >= 0.3 is 0 Å². The molecule has 0 saturated carbocycles. The van der Waals surface area contributed by atoms with Crippen LogP contribution < -0.4 is 0 Å². The zero-order valence-corrected chi connectivity index (χ0v) is 24.8. The smallest absolute Gasteiger partial charge is 0.0972 e.